The molecule has 1 aliphatic heterocycles. The van der Waals surface area contributed by atoms with E-state index in [0.29, 0.717) is 19.5 Å². The lowest BCUT2D eigenvalue weighted by Gasteiger charge is -2.19. The molecule has 1 unspecified atom stereocenters. The Hall–Kier alpha value is -3.09. The van der Waals surface area contributed by atoms with Gasteiger partial charge >= 0.3 is 0 Å². The van der Waals surface area contributed by atoms with Gasteiger partial charge in [-0.15, -0.1) is 0 Å². The summed E-state index contributed by atoms with van der Waals surface area (Å²) in [6.07, 6.45) is 9.18. The Morgan fingerprint density at radius 1 is 1.21 bits per heavy atom. The largest absolute Gasteiger partial charge is 0.494 e. The molecule has 0 bridgehead atoms. The fourth-order valence-corrected chi connectivity index (χ4v) is 4.10. The predicted octanol–water partition coefficient (Wildman–Crippen LogP) is 3.43. The molecule has 1 fully saturated rings. The summed E-state index contributed by atoms with van der Waals surface area (Å²) in [6, 6.07) is 7.83. The number of hydrogen-bond donors (Lipinski definition) is 1. The summed E-state index contributed by atoms with van der Waals surface area (Å²) in [4.78, 5) is 11.2. The molecule has 1 aliphatic rings. The molecule has 0 aliphatic carbocycles. The van der Waals surface area contributed by atoms with E-state index in [1.807, 2.05) is 51.8 Å². The number of aromatic hydroxyl groups is 1. The third-order valence-electron chi connectivity index (χ3n) is 5.60. The van der Waals surface area contributed by atoms with Crippen molar-refractivity contribution in [3.05, 3.63) is 54.7 Å². The van der Waals surface area contributed by atoms with E-state index in [0.717, 1.165) is 40.9 Å². The van der Waals surface area contributed by atoms with Gasteiger partial charge in [0, 0.05) is 56.8 Å². The molecule has 4 aromatic rings. The van der Waals surface area contributed by atoms with Crippen LogP contribution in [0.1, 0.15) is 12.1 Å². The lowest BCUT2D eigenvalue weighted by Crippen LogP contribution is -2.20. The Morgan fingerprint density at radius 3 is 2.96 bits per heavy atom. The van der Waals surface area contributed by atoms with Crippen molar-refractivity contribution in [2.75, 3.05) is 24.7 Å². The minimum atomic E-state index is -0.295. The highest BCUT2D eigenvalue weighted by molar-refractivity contribution is 5.96. The molecule has 4 aromatic heterocycles. The summed E-state index contributed by atoms with van der Waals surface area (Å²) in [5.74, 6) is 0.285. The molecule has 28 heavy (non-hydrogen) atoms. The number of anilines is 1. The summed E-state index contributed by atoms with van der Waals surface area (Å²) in [6.45, 7) is 1.80. The van der Waals surface area contributed by atoms with Gasteiger partial charge in [0.2, 0.25) is 5.88 Å². The normalized spacial score (nSPS) is 17.2. The molecule has 1 saturated heterocycles. The maximum absolute atomic E-state index is 13.0. The van der Waals surface area contributed by atoms with E-state index in [1.165, 1.54) is 0 Å². The molecule has 144 valence electrons. The van der Waals surface area contributed by atoms with Crippen LogP contribution in [0, 0.1) is 5.92 Å². The molecular weight excluding hydrogens is 357 g/mol. The maximum atomic E-state index is 13.0. The molecule has 0 aromatic carbocycles. The Labute approximate surface area is 161 Å². The van der Waals surface area contributed by atoms with Crippen LogP contribution < -0.4 is 4.90 Å². The van der Waals surface area contributed by atoms with Crippen molar-refractivity contribution < 1.29 is 9.50 Å². The van der Waals surface area contributed by atoms with Crippen molar-refractivity contribution in [3.8, 4) is 5.88 Å². The number of aromatic nitrogens is 4. The van der Waals surface area contributed by atoms with Gasteiger partial charge in [-0.25, -0.2) is 4.98 Å². The van der Waals surface area contributed by atoms with Crippen molar-refractivity contribution in [3.63, 3.8) is 0 Å². The Bertz CT molecular complexity index is 1100. The second-order valence-electron chi connectivity index (χ2n) is 7.44. The molecule has 5 rings (SSSR count). The molecule has 6 nitrogen and oxygen atoms in total. The zero-order valence-electron chi connectivity index (χ0n) is 15.5. The van der Waals surface area contributed by atoms with Crippen LogP contribution in [0.2, 0.25) is 0 Å². The first-order chi connectivity index (χ1) is 13.7. The van der Waals surface area contributed by atoms with E-state index < -0.39 is 0 Å². The van der Waals surface area contributed by atoms with Crippen LogP contribution >= 0.6 is 0 Å². The first-order valence-electron chi connectivity index (χ1n) is 9.63. The average Bonchev–Trinajstić information content (AvgIpc) is 3.43. The van der Waals surface area contributed by atoms with Gasteiger partial charge in [0.05, 0.1) is 29.0 Å². The van der Waals surface area contributed by atoms with Gasteiger partial charge in [0.15, 0.2) is 0 Å². The van der Waals surface area contributed by atoms with Crippen molar-refractivity contribution in [2.24, 2.45) is 5.92 Å². The maximum Gasteiger partial charge on any atom is 0.202 e. The molecule has 0 saturated carbocycles. The molecule has 0 amide bonds. The van der Waals surface area contributed by atoms with Crippen LogP contribution in [0.3, 0.4) is 0 Å². The lowest BCUT2D eigenvalue weighted by molar-refractivity contribution is 0.385. The fourth-order valence-electron chi connectivity index (χ4n) is 4.10. The van der Waals surface area contributed by atoms with E-state index in [9.17, 15) is 9.50 Å². The van der Waals surface area contributed by atoms with Crippen LogP contribution in [-0.4, -0.2) is 43.8 Å². The van der Waals surface area contributed by atoms with Crippen molar-refractivity contribution in [1.82, 2.24) is 18.9 Å². The zero-order chi connectivity index (χ0) is 19.1. The number of hydrogen-bond acceptors (Lipinski definition) is 4. The van der Waals surface area contributed by atoms with E-state index in [1.54, 1.807) is 6.20 Å². The Balaban J connectivity index is 1.42. The second-order valence-corrected chi connectivity index (χ2v) is 7.44. The Morgan fingerprint density at radius 2 is 2.14 bits per heavy atom. The lowest BCUT2D eigenvalue weighted by atomic mass is 10.1. The van der Waals surface area contributed by atoms with Crippen LogP contribution in [0.5, 0.6) is 5.88 Å². The molecular formula is C21H22FN5O. The number of rotatable bonds is 5. The van der Waals surface area contributed by atoms with Crippen LogP contribution in [0.15, 0.2) is 49.1 Å². The van der Waals surface area contributed by atoms with Gasteiger partial charge in [-0.1, -0.05) is 6.07 Å². The van der Waals surface area contributed by atoms with Crippen molar-refractivity contribution >= 4 is 22.2 Å². The summed E-state index contributed by atoms with van der Waals surface area (Å²) in [5, 5.41) is 11.6. The second kappa shape index (κ2) is 6.82. The van der Waals surface area contributed by atoms with E-state index in [4.69, 9.17) is 0 Å². The smallest absolute Gasteiger partial charge is 0.202 e. The highest BCUT2D eigenvalue weighted by Gasteiger charge is 2.25. The third kappa shape index (κ3) is 2.87. The predicted molar refractivity (Wildman–Crippen MR) is 107 cm³/mol. The zero-order valence-corrected chi connectivity index (χ0v) is 15.5. The summed E-state index contributed by atoms with van der Waals surface area (Å²) < 4.78 is 16.8. The van der Waals surface area contributed by atoms with Crippen molar-refractivity contribution in [2.45, 2.75) is 19.4 Å². The van der Waals surface area contributed by atoms with Gasteiger partial charge in [-0.3, -0.25) is 9.37 Å². The number of nitrogens with zero attached hydrogens (tertiary/aromatic N) is 5. The average molecular weight is 379 g/mol. The summed E-state index contributed by atoms with van der Waals surface area (Å²) in [5.41, 5.74) is 3.58. The monoisotopic (exact) mass is 379 g/mol. The number of aryl methyl sites for hydroxylation is 2. The van der Waals surface area contributed by atoms with Gasteiger partial charge < -0.3 is 19.0 Å². The quantitative estimate of drug-likeness (QED) is 0.577. The topological polar surface area (TPSA) is 58.6 Å². The molecule has 7 heteroatoms. The van der Waals surface area contributed by atoms with Crippen LogP contribution in [-0.2, 0) is 13.0 Å². The summed E-state index contributed by atoms with van der Waals surface area (Å²) >= 11 is 0. The van der Waals surface area contributed by atoms with Crippen molar-refractivity contribution in [1.29, 1.82) is 0 Å². The minimum absolute atomic E-state index is 0.0718. The van der Waals surface area contributed by atoms with Crippen LogP contribution in [0.25, 0.3) is 16.6 Å². The summed E-state index contributed by atoms with van der Waals surface area (Å²) in [7, 11) is 0. The standard InChI is InChI=1S/C21H22FN5O/c22-11-15-5-9-25(12-15)18-4-7-23-17-14-27(21(28)20(17)18)10-6-16-13-26-8-2-1-3-19(26)24-16/h1-4,7-8,13-15,28H,5-6,9-12H2. The molecule has 0 spiro atoms. The number of imidazole rings is 1. The number of fused-ring (bicyclic) bond motifs is 2. The Kier molecular flexibility index (Phi) is 4.15. The highest BCUT2D eigenvalue weighted by Crippen LogP contribution is 2.36. The number of pyridine rings is 2. The first kappa shape index (κ1) is 17.0. The molecule has 1 N–H and O–H groups in total. The van der Waals surface area contributed by atoms with E-state index >= 15 is 0 Å². The van der Waals surface area contributed by atoms with E-state index in [2.05, 4.69) is 14.9 Å². The third-order valence-corrected chi connectivity index (χ3v) is 5.60. The minimum Gasteiger partial charge on any atom is -0.494 e. The van der Waals surface area contributed by atoms with Gasteiger partial charge in [0.25, 0.3) is 0 Å². The van der Waals surface area contributed by atoms with E-state index in [-0.39, 0.29) is 18.5 Å². The molecule has 5 heterocycles. The van der Waals surface area contributed by atoms with Gasteiger partial charge in [-0.05, 0) is 24.6 Å². The van der Waals surface area contributed by atoms with Gasteiger partial charge in [-0.2, -0.15) is 0 Å². The number of halogens is 1. The highest BCUT2D eigenvalue weighted by atomic mass is 19.1. The van der Waals surface area contributed by atoms with Crippen LogP contribution in [0.4, 0.5) is 10.1 Å². The first-order valence-corrected chi connectivity index (χ1v) is 9.63. The van der Waals surface area contributed by atoms with Gasteiger partial charge in [0.1, 0.15) is 5.65 Å². The molecule has 1 atom stereocenters. The number of alkyl halides is 1. The molecule has 0 radical (unpaired) electrons. The fraction of sp³-hybridized carbons (Fsp3) is 0.333. The SMILES string of the molecule is Oc1c2c(N3CCC(CF)C3)ccnc2cn1CCc1cn2ccccc2n1.